The summed E-state index contributed by atoms with van der Waals surface area (Å²) in [6, 6.07) is 60.2. The Balaban J connectivity index is 0.988. The van der Waals surface area contributed by atoms with Crippen LogP contribution in [0.25, 0.3) is 10.4 Å². The zero-order valence-corrected chi connectivity index (χ0v) is 52.4. The van der Waals surface area contributed by atoms with Crippen molar-refractivity contribution in [2.75, 3.05) is 13.2 Å². The summed E-state index contributed by atoms with van der Waals surface area (Å²) in [6.45, 7) is 4.59. The lowest BCUT2D eigenvalue weighted by molar-refractivity contribution is -0.385. The van der Waals surface area contributed by atoms with Crippen molar-refractivity contribution in [1.82, 2.24) is 16.0 Å². The van der Waals surface area contributed by atoms with Gasteiger partial charge in [0.2, 0.25) is 11.8 Å². The van der Waals surface area contributed by atoms with Crippen LogP contribution in [0, 0.1) is 0 Å². The minimum absolute atomic E-state index is 0.0182. The lowest BCUT2D eigenvalue weighted by atomic mass is 9.94. The molecule has 0 bridgehead atoms. The topological polar surface area (TPSA) is 264 Å². The van der Waals surface area contributed by atoms with Gasteiger partial charge in [-0.2, -0.15) is 0 Å². The number of carbonyl (C=O) groups is 4. The first-order chi connectivity index (χ1) is 46.0. The van der Waals surface area contributed by atoms with E-state index in [-0.39, 0.29) is 52.9 Å². The van der Waals surface area contributed by atoms with Gasteiger partial charge in [-0.25, -0.2) is 9.59 Å². The SMILES string of the molecule is C[C@H](NC(=O)OCc1ccccc1)C(=O)N[C@H](C(=O)N[C@@H](C)C(=O)OCc1ccccc1)[C@@H](C)O[C@H]1O[C@@H]2COC(c3ccccc3)O[C@@H]2[C@H](O[C@@H]2O[C@H](COCc3ccccc3)[C@H](OCc3ccccc3)[C@H](OCc3ccccc3)[C@H]2OCc2ccccc2)[C@H]1N=[N+]=[N-]. The van der Waals surface area contributed by atoms with Gasteiger partial charge in [0, 0.05) is 10.5 Å². The second-order valence-electron chi connectivity index (χ2n) is 22.9. The van der Waals surface area contributed by atoms with E-state index in [1.54, 1.807) is 48.5 Å². The number of hydrogen-bond donors (Lipinski definition) is 3. The van der Waals surface area contributed by atoms with Crippen LogP contribution in [0.15, 0.2) is 217 Å². The van der Waals surface area contributed by atoms with Crippen molar-refractivity contribution in [3.8, 4) is 0 Å². The molecule has 0 spiro atoms. The van der Waals surface area contributed by atoms with Crippen LogP contribution in [0.4, 0.5) is 4.79 Å². The summed E-state index contributed by atoms with van der Waals surface area (Å²) in [4.78, 5) is 58.8. The minimum Gasteiger partial charge on any atom is -0.459 e. The average Bonchev–Trinajstić information content (AvgIpc) is 0.763. The molecule has 0 aliphatic carbocycles. The van der Waals surface area contributed by atoms with Crippen LogP contribution >= 0.6 is 0 Å². The average molecular weight is 1280 g/mol. The van der Waals surface area contributed by atoms with Crippen molar-refractivity contribution < 1.29 is 76.0 Å². The monoisotopic (exact) mass is 1280 g/mol. The Morgan fingerprint density at radius 1 is 0.511 bits per heavy atom. The van der Waals surface area contributed by atoms with Crippen molar-refractivity contribution in [2.24, 2.45) is 5.11 Å². The third-order valence-electron chi connectivity index (χ3n) is 16.0. The Labute approximate surface area is 545 Å². The Morgan fingerprint density at radius 3 is 1.52 bits per heavy atom. The fraction of sp³-hybridized carbons (Fsp3) is 0.361. The highest BCUT2D eigenvalue weighted by Crippen LogP contribution is 2.40. The van der Waals surface area contributed by atoms with E-state index in [0.29, 0.717) is 16.7 Å². The van der Waals surface area contributed by atoms with E-state index in [1.165, 1.54) is 20.8 Å². The second-order valence-corrected chi connectivity index (χ2v) is 22.9. The number of hydrogen-bond acceptors (Lipinski definition) is 17. The largest absolute Gasteiger partial charge is 0.459 e. The number of fused-ring (bicyclic) bond motifs is 1. The van der Waals surface area contributed by atoms with E-state index < -0.39 is 116 Å². The molecule has 0 saturated carbocycles. The molecule has 10 rings (SSSR count). The van der Waals surface area contributed by atoms with E-state index in [9.17, 15) is 24.7 Å². The van der Waals surface area contributed by atoms with Crippen molar-refractivity contribution in [1.29, 1.82) is 0 Å². The fourth-order valence-corrected chi connectivity index (χ4v) is 11.0. The van der Waals surface area contributed by atoms with Crippen LogP contribution < -0.4 is 16.0 Å². The molecule has 3 saturated heterocycles. The Morgan fingerprint density at radius 2 is 0.989 bits per heavy atom. The lowest BCUT2D eigenvalue weighted by Gasteiger charge is -2.51. The first-order valence-electron chi connectivity index (χ1n) is 31.3. The Bertz CT molecular complexity index is 3500. The molecule has 15 atom stereocenters. The van der Waals surface area contributed by atoms with Crippen LogP contribution in [0.5, 0.6) is 0 Å². The van der Waals surface area contributed by atoms with Gasteiger partial charge >= 0.3 is 12.1 Å². The van der Waals surface area contributed by atoms with Crippen molar-refractivity contribution in [3.05, 3.63) is 262 Å². The number of alkyl carbamates (subject to hydrolysis) is 1. The standard InChI is InChI=1S/C72H78N6O16/c1-47(75-72(82)89-44-55-35-21-9-22-36-55)66(79)76-59(67(80)74-48(2)68(81)87-43-54-33-19-8-20-34-54)49(3)90-70-60(77-78-73)63(62-58(91-70)46-88-69(93-62)56-37-23-10-24-38-56)94-71-65(86-42-53-31-17-7-18-32-53)64(85-41-52-29-15-6-16-30-52)61(84-40-51-27-13-5-14-28-51)57(92-71)45-83-39-50-25-11-4-12-26-50/h4-38,47-49,57-65,69-71H,39-46H2,1-3H3,(H,74,80)(H,75,82)(H,76,79)/t47-,48-,49+,57+,58+,59-,60+,61-,62-,63+,64-,65+,69?,70-,71-/m0/s1. The zero-order chi connectivity index (χ0) is 65.4. The van der Waals surface area contributed by atoms with Crippen molar-refractivity contribution in [2.45, 2.75) is 152 Å². The summed E-state index contributed by atoms with van der Waals surface area (Å²) in [7, 11) is 0. The summed E-state index contributed by atoms with van der Waals surface area (Å²) in [6.07, 6.45) is -13.5. The molecule has 3 fully saturated rings. The van der Waals surface area contributed by atoms with Crippen LogP contribution in [0.2, 0.25) is 0 Å². The number of carbonyl (C=O) groups excluding carboxylic acids is 4. The summed E-state index contributed by atoms with van der Waals surface area (Å²) in [5.41, 5.74) is 16.3. The Kier molecular flexibility index (Phi) is 25.2. The molecule has 3 aliphatic heterocycles. The fourth-order valence-electron chi connectivity index (χ4n) is 11.0. The highest BCUT2D eigenvalue weighted by molar-refractivity contribution is 5.93. The summed E-state index contributed by atoms with van der Waals surface area (Å²) in [5, 5.41) is 12.2. The van der Waals surface area contributed by atoms with E-state index >= 15 is 0 Å². The van der Waals surface area contributed by atoms with E-state index in [1.807, 2.05) is 164 Å². The quantitative estimate of drug-likeness (QED) is 0.0164. The third-order valence-corrected chi connectivity index (χ3v) is 16.0. The van der Waals surface area contributed by atoms with Gasteiger partial charge in [0.1, 0.15) is 80.1 Å². The molecule has 7 aromatic carbocycles. The molecule has 492 valence electrons. The van der Waals surface area contributed by atoms with Gasteiger partial charge in [-0.3, -0.25) is 9.59 Å². The predicted molar refractivity (Wildman–Crippen MR) is 342 cm³/mol. The number of nitrogens with one attached hydrogen (secondary N) is 3. The number of amides is 3. The highest BCUT2D eigenvalue weighted by Gasteiger charge is 2.56. The van der Waals surface area contributed by atoms with Gasteiger partial charge < -0.3 is 72.8 Å². The Hall–Kier alpha value is -8.87. The third kappa shape index (κ3) is 19.4. The maximum absolute atomic E-state index is 14.7. The second kappa shape index (κ2) is 34.9. The predicted octanol–water partition coefficient (Wildman–Crippen LogP) is 10.0. The molecule has 0 aromatic heterocycles. The summed E-state index contributed by atoms with van der Waals surface area (Å²) >= 11 is 0. The lowest BCUT2D eigenvalue weighted by Crippen LogP contribution is -2.67. The first kappa shape index (κ1) is 68.0. The molecule has 3 heterocycles. The molecule has 3 N–H and O–H groups in total. The molecule has 3 amide bonds. The minimum atomic E-state index is -1.64. The highest BCUT2D eigenvalue weighted by atomic mass is 16.8. The van der Waals surface area contributed by atoms with Crippen LogP contribution in [0.1, 0.15) is 66.0 Å². The van der Waals surface area contributed by atoms with Gasteiger partial charge in [0.25, 0.3) is 0 Å². The number of azide groups is 1. The molecular formula is C72H78N6O16. The van der Waals surface area contributed by atoms with E-state index in [4.69, 9.17) is 56.8 Å². The van der Waals surface area contributed by atoms with Crippen LogP contribution in [0.3, 0.4) is 0 Å². The maximum atomic E-state index is 14.7. The number of rotatable bonds is 30. The van der Waals surface area contributed by atoms with Gasteiger partial charge in [0.05, 0.1) is 45.7 Å². The van der Waals surface area contributed by atoms with Gasteiger partial charge in [-0.1, -0.05) is 217 Å². The molecular weight excluding hydrogens is 1200 g/mol. The van der Waals surface area contributed by atoms with Crippen LogP contribution in [-0.4, -0.2) is 123 Å². The van der Waals surface area contributed by atoms with Gasteiger partial charge in [0.15, 0.2) is 18.9 Å². The van der Waals surface area contributed by atoms with Crippen molar-refractivity contribution >= 4 is 23.9 Å². The van der Waals surface area contributed by atoms with Crippen LogP contribution in [-0.2, 0) is 111 Å². The maximum Gasteiger partial charge on any atom is 0.408 e. The van der Waals surface area contributed by atoms with E-state index in [0.717, 1.165) is 22.3 Å². The normalized spacial score (nSPS) is 23.7. The number of benzene rings is 7. The number of ether oxygens (including phenoxy) is 12. The van der Waals surface area contributed by atoms with Crippen molar-refractivity contribution in [3.63, 3.8) is 0 Å². The molecule has 22 nitrogen and oxygen atoms in total. The first-order valence-corrected chi connectivity index (χ1v) is 31.3. The van der Waals surface area contributed by atoms with E-state index in [2.05, 4.69) is 26.0 Å². The zero-order valence-electron chi connectivity index (χ0n) is 52.4. The molecule has 3 aliphatic rings. The summed E-state index contributed by atoms with van der Waals surface area (Å²) in [5.74, 6) is -2.50. The summed E-state index contributed by atoms with van der Waals surface area (Å²) < 4.78 is 79.7. The number of esters is 1. The molecule has 22 heteroatoms. The molecule has 7 aromatic rings. The molecule has 0 radical (unpaired) electrons. The molecule has 1 unspecified atom stereocenters. The molecule has 94 heavy (non-hydrogen) atoms. The smallest absolute Gasteiger partial charge is 0.408 e. The van der Waals surface area contributed by atoms with Gasteiger partial charge in [-0.05, 0) is 59.7 Å². The number of nitrogens with zero attached hydrogens (tertiary/aromatic N) is 3. The van der Waals surface area contributed by atoms with Gasteiger partial charge in [-0.15, -0.1) is 0 Å².